The molecule has 0 aromatic heterocycles. The Morgan fingerprint density at radius 1 is 0.914 bits per heavy atom. The first-order chi connectivity index (χ1) is 16.9. The van der Waals surface area contributed by atoms with E-state index in [9.17, 15) is 9.59 Å². The molecule has 1 aliphatic rings. The number of carbonyl (C=O) groups excluding carboxylic acids is 2. The molecular weight excluding hydrogens is 464 g/mol. The van der Waals surface area contributed by atoms with Crippen molar-refractivity contribution in [2.75, 3.05) is 6.79 Å². The molecule has 35 heavy (non-hydrogen) atoms. The highest BCUT2D eigenvalue weighted by Gasteiger charge is 2.31. The maximum absolute atomic E-state index is 13.6. The molecule has 182 valence electrons. The Hall–Kier alpha value is -3.51. The number of benzene rings is 3. The van der Waals surface area contributed by atoms with Gasteiger partial charge in [-0.05, 0) is 41.0 Å². The molecule has 0 saturated carbocycles. The van der Waals surface area contributed by atoms with Gasteiger partial charge in [-0.25, -0.2) is 0 Å². The van der Waals surface area contributed by atoms with Crippen molar-refractivity contribution in [3.8, 4) is 11.5 Å². The van der Waals surface area contributed by atoms with Gasteiger partial charge < -0.3 is 19.7 Å². The van der Waals surface area contributed by atoms with Gasteiger partial charge in [0, 0.05) is 30.5 Å². The Bertz CT molecular complexity index is 1170. The molecule has 3 aromatic rings. The largest absolute Gasteiger partial charge is 0.454 e. The molecule has 1 heterocycles. The van der Waals surface area contributed by atoms with Crippen molar-refractivity contribution in [1.82, 2.24) is 10.2 Å². The second-order valence-electron chi connectivity index (χ2n) is 8.86. The van der Waals surface area contributed by atoms with E-state index in [1.165, 1.54) is 0 Å². The van der Waals surface area contributed by atoms with E-state index in [0.717, 1.165) is 16.7 Å². The standard InChI is InChI=1S/C28H29ClN2O4/c1-19(2)28(33)31(17-21-8-11-23(29)12-9-21)24(14-20-6-4-3-5-7-20)27(32)30-16-22-10-13-25-26(15-22)35-18-34-25/h3-13,15,19,24H,14,16-18H2,1-2H3,(H,30,32)/t24-/m0/s1. The van der Waals surface area contributed by atoms with Gasteiger partial charge in [-0.2, -0.15) is 0 Å². The molecule has 1 aliphatic heterocycles. The lowest BCUT2D eigenvalue weighted by Crippen LogP contribution is -2.51. The molecule has 4 rings (SSSR count). The fourth-order valence-electron chi connectivity index (χ4n) is 4.00. The SMILES string of the molecule is CC(C)C(=O)N(Cc1ccc(Cl)cc1)[C@@H](Cc1ccccc1)C(=O)NCc1ccc2c(c1)OCO2. The van der Waals surface area contributed by atoms with Crippen molar-refractivity contribution >= 4 is 23.4 Å². The average molecular weight is 493 g/mol. The Balaban J connectivity index is 1.58. The monoisotopic (exact) mass is 492 g/mol. The number of nitrogens with one attached hydrogen (secondary N) is 1. The van der Waals surface area contributed by atoms with E-state index in [0.29, 0.717) is 36.0 Å². The van der Waals surface area contributed by atoms with Crippen molar-refractivity contribution in [1.29, 1.82) is 0 Å². The highest BCUT2D eigenvalue weighted by atomic mass is 35.5. The predicted molar refractivity (Wildman–Crippen MR) is 135 cm³/mol. The Kier molecular flexibility index (Phi) is 7.93. The molecule has 0 aliphatic carbocycles. The summed E-state index contributed by atoms with van der Waals surface area (Å²) in [6, 6.07) is 22.0. The summed E-state index contributed by atoms with van der Waals surface area (Å²) in [5, 5.41) is 3.65. The van der Waals surface area contributed by atoms with Crippen LogP contribution in [0.15, 0.2) is 72.8 Å². The molecule has 0 spiro atoms. The highest BCUT2D eigenvalue weighted by molar-refractivity contribution is 6.30. The summed E-state index contributed by atoms with van der Waals surface area (Å²) >= 11 is 6.05. The smallest absolute Gasteiger partial charge is 0.243 e. The zero-order valence-electron chi connectivity index (χ0n) is 19.9. The molecule has 6 nitrogen and oxygen atoms in total. The van der Waals surface area contributed by atoms with Gasteiger partial charge in [0.05, 0.1) is 0 Å². The minimum Gasteiger partial charge on any atom is -0.454 e. The Morgan fingerprint density at radius 3 is 2.31 bits per heavy atom. The number of hydrogen-bond acceptors (Lipinski definition) is 4. The first-order valence-corrected chi connectivity index (χ1v) is 12.0. The Labute approximate surface area is 210 Å². The third kappa shape index (κ3) is 6.34. The number of rotatable bonds is 9. The summed E-state index contributed by atoms with van der Waals surface area (Å²) in [4.78, 5) is 28.6. The van der Waals surface area contributed by atoms with E-state index >= 15 is 0 Å². The number of amides is 2. The fourth-order valence-corrected chi connectivity index (χ4v) is 4.13. The van der Waals surface area contributed by atoms with Gasteiger partial charge in [-0.3, -0.25) is 9.59 Å². The van der Waals surface area contributed by atoms with E-state index in [-0.39, 0.29) is 24.5 Å². The Morgan fingerprint density at radius 2 is 1.60 bits per heavy atom. The summed E-state index contributed by atoms with van der Waals surface area (Å²) in [5.41, 5.74) is 2.78. The number of nitrogens with zero attached hydrogens (tertiary/aromatic N) is 1. The molecule has 0 bridgehead atoms. The molecular formula is C28H29ClN2O4. The number of carbonyl (C=O) groups is 2. The van der Waals surface area contributed by atoms with Crippen LogP contribution in [0.5, 0.6) is 11.5 Å². The van der Waals surface area contributed by atoms with E-state index in [2.05, 4.69) is 5.32 Å². The van der Waals surface area contributed by atoms with E-state index < -0.39 is 6.04 Å². The minimum atomic E-state index is -0.683. The van der Waals surface area contributed by atoms with E-state index in [4.69, 9.17) is 21.1 Å². The molecule has 3 aromatic carbocycles. The molecule has 0 fully saturated rings. The quantitative estimate of drug-likeness (QED) is 0.457. The summed E-state index contributed by atoms with van der Waals surface area (Å²) in [6.07, 6.45) is 0.403. The maximum Gasteiger partial charge on any atom is 0.243 e. The summed E-state index contributed by atoms with van der Waals surface area (Å²) in [5.74, 6) is 0.798. The van der Waals surface area contributed by atoms with Crippen LogP contribution in [0.2, 0.25) is 5.02 Å². The maximum atomic E-state index is 13.6. The van der Waals surface area contributed by atoms with Gasteiger partial charge in [-0.15, -0.1) is 0 Å². The third-order valence-corrected chi connectivity index (χ3v) is 6.15. The van der Waals surface area contributed by atoms with Crippen LogP contribution < -0.4 is 14.8 Å². The normalized spacial score (nSPS) is 12.9. The van der Waals surface area contributed by atoms with Crippen LogP contribution in [0.25, 0.3) is 0 Å². The molecule has 2 amide bonds. The lowest BCUT2D eigenvalue weighted by molar-refractivity contribution is -0.143. The van der Waals surface area contributed by atoms with Crippen LogP contribution in [0.4, 0.5) is 0 Å². The molecule has 0 unspecified atom stereocenters. The number of halogens is 1. The first-order valence-electron chi connectivity index (χ1n) is 11.7. The number of hydrogen-bond donors (Lipinski definition) is 1. The van der Waals surface area contributed by atoms with E-state index in [1.54, 1.807) is 17.0 Å². The minimum absolute atomic E-state index is 0.0842. The summed E-state index contributed by atoms with van der Waals surface area (Å²) in [7, 11) is 0. The van der Waals surface area contributed by atoms with Crippen molar-refractivity contribution in [2.45, 2.75) is 39.4 Å². The zero-order valence-corrected chi connectivity index (χ0v) is 20.6. The fraction of sp³-hybridized carbons (Fsp3) is 0.286. The van der Waals surface area contributed by atoms with Crippen molar-refractivity contribution in [3.05, 3.63) is 94.5 Å². The van der Waals surface area contributed by atoms with Crippen LogP contribution in [0.3, 0.4) is 0 Å². The van der Waals surface area contributed by atoms with Gasteiger partial charge in [0.1, 0.15) is 6.04 Å². The number of fused-ring (bicyclic) bond motifs is 1. The van der Waals surface area contributed by atoms with Crippen LogP contribution in [-0.2, 0) is 29.1 Å². The average Bonchev–Trinajstić information content (AvgIpc) is 3.34. The topological polar surface area (TPSA) is 67.9 Å². The van der Waals surface area contributed by atoms with Gasteiger partial charge >= 0.3 is 0 Å². The summed E-state index contributed by atoms with van der Waals surface area (Å²) in [6.45, 7) is 4.51. The molecule has 7 heteroatoms. The van der Waals surface area contributed by atoms with Crippen molar-refractivity contribution < 1.29 is 19.1 Å². The van der Waals surface area contributed by atoms with Crippen LogP contribution in [0.1, 0.15) is 30.5 Å². The van der Waals surface area contributed by atoms with Gasteiger partial charge in [-0.1, -0.05) is 74.0 Å². The second kappa shape index (κ2) is 11.3. The summed E-state index contributed by atoms with van der Waals surface area (Å²) < 4.78 is 10.8. The second-order valence-corrected chi connectivity index (χ2v) is 9.29. The van der Waals surface area contributed by atoms with E-state index in [1.807, 2.05) is 74.5 Å². The lowest BCUT2D eigenvalue weighted by Gasteiger charge is -2.33. The molecule has 0 radical (unpaired) electrons. The highest BCUT2D eigenvalue weighted by Crippen LogP contribution is 2.32. The lowest BCUT2D eigenvalue weighted by atomic mass is 10.0. The molecule has 0 saturated heterocycles. The van der Waals surface area contributed by atoms with Crippen LogP contribution in [0, 0.1) is 5.92 Å². The van der Waals surface area contributed by atoms with Gasteiger partial charge in [0.15, 0.2) is 11.5 Å². The predicted octanol–water partition coefficient (Wildman–Crippen LogP) is 4.98. The molecule has 1 N–H and O–H groups in total. The van der Waals surface area contributed by atoms with Crippen LogP contribution in [-0.4, -0.2) is 29.5 Å². The molecule has 1 atom stereocenters. The van der Waals surface area contributed by atoms with Gasteiger partial charge in [0.2, 0.25) is 18.6 Å². The van der Waals surface area contributed by atoms with Crippen molar-refractivity contribution in [2.24, 2.45) is 5.92 Å². The van der Waals surface area contributed by atoms with Crippen LogP contribution >= 0.6 is 11.6 Å². The third-order valence-electron chi connectivity index (χ3n) is 5.90. The first kappa shape index (κ1) is 24.6. The van der Waals surface area contributed by atoms with Gasteiger partial charge in [0.25, 0.3) is 0 Å². The number of ether oxygens (including phenoxy) is 2. The van der Waals surface area contributed by atoms with Crippen molar-refractivity contribution in [3.63, 3.8) is 0 Å². The zero-order chi connectivity index (χ0) is 24.8.